The first-order chi connectivity index (χ1) is 11.0. The SMILES string of the molecule is CCN(CCNc1ccc(NC)c(C)c1)c1cc(C)cc(C)n1. The maximum Gasteiger partial charge on any atom is 0.129 e. The fourth-order valence-electron chi connectivity index (χ4n) is 2.81. The van der Waals surface area contributed by atoms with Crippen LogP contribution >= 0.6 is 0 Å². The largest absolute Gasteiger partial charge is 0.388 e. The van der Waals surface area contributed by atoms with Gasteiger partial charge in [-0.25, -0.2) is 4.98 Å². The predicted octanol–water partition coefficient (Wildman–Crippen LogP) is 3.99. The summed E-state index contributed by atoms with van der Waals surface area (Å²) >= 11 is 0. The van der Waals surface area contributed by atoms with E-state index in [9.17, 15) is 0 Å². The first-order valence-electron chi connectivity index (χ1n) is 8.26. The summed E-state index contributed by atoms with van der Waals surface area (Å²) < 4.78 is 0. The van der Waals surface area contributed by atoms with E-state index in [4.69, 9.17) is 0 Å². The van der Waals surface area contributed by atoms with Gasteiger partial charge in [-0.3, -0.25) is 0 Å². The molecule has 0 fully saturated rings. The number of pyridine rings is 1. The molecule has 0 unspecified atom stereocenters. The van der Waals surface area contributed by atoms with Gasteiger partial charge in [0.15, 0.2) is 0 Å². The van der Waals surface area contributed by atoms with Gasteiger partial charge >= 0.3 is 0 Å². The molecule has 0 amide bonds. The number of rotatable bonds is 7. The molecule has 0 aliphatic rings. The van der Waals surface area contributed by atoms with E-state index in [1.54, 1.807) is 0 Å². The van der Waals surface area contributed by atoms with Crippen molar-refractivity contribution in [2.75, 3.05) is 42.2 Å². The van der Waals surface area contributed by atoms with Crippen molar-refractivity contribution in [3.05, 3.63) is 47.2 Å². The van der Waals surface area contributed by atoms with Crippen LogP contribution in [0.25, 0.3) is 0 Å². The molecule has 4 nitrogen and oxygen atoms in total. The standard InChI is InChI=1S/C19H28N4/c1-6-23(19-12-14(2)11-16(4)22-19)10-9-21-17-7-8-18(20-5)15(3)13-17/h7-8,11-13,20-21H,6,9-10H2,1-5H3. The molecular formula is C19H28N4. The Kier molecular flexibility index (Phi) is 5.85. The summed E-state index contributed by atoms with van der Waals surface area (Å²) in [6.45, 7) is 11.2. The molecule has 0 atom stereocenters. The molecule has 2 rings (SSSR count). The second-order valence-electron chi connectivity index (χ2n) is 5.93. The van der Waals surface area contributed by atoms with E-state index < -0.39 is 0 Å². The lowest BCUT2D eigenvalue weighted by Crippen LogP contribution is -2.29. The number of aryl methyl sites for hydroxylation is 3. The molecular weight excluding hydrogens is 284 g/mol. The Bertz CT molecular complexity index is 632. The molecule has 0 aliphatic carbocycles. The van der Waals surface area contributed by atoms with Crippen molar-refractivity contribution in [3.63, 3.8) is 0 Å². The van der Waals surface area contributed by atoms with Crippen LogP contribution in [0.2, 0.25) is 0 Å². The van der Waals surface area contributed by atoms with Crippen molar-refractivity contribution in [2.24, 2.45) is 0 Å². The van der Waals surface area contributed by atoms with Crippen LogP contribution in [0.1, 0.15) is 23.7 Å². The first kappa shape index (κ1) is 17.1. The highest BCUT2D eigenvalue weighted by Gasteiger charge is 2.07. The molecule has 0 spiro atoms. The van der Waals surface area contributed by atoms with Crippen molar-refractivity contribution < 1.29 is 0 Å². The molecule has 2 aromatic rings. The Morgan fingerprint density at radius 3 is 2.48 bits per heavy atom. The Hall–Kier alpha value is -2.23. The second kappa shape index (κ2) is 7.86. The lowest BCUT2D eigenvalue weighted by atomic mass is 10.2. The lowest BCUT2D eigenvalue weighted by molar-refractivity contribution is 0.814. The van der Waals surface area contributed by atoms with Gasteiger partial charge in [-0.05, 0) is 69.2 Å². The molecule has 2 N–H and O–H groups in total. The molecule has 4 heteroatoms. The Labute approximate surface area is 139 Å². The van der Waals surface area contributed by atoms with Crippen molar-refractivity contribution >= 4 is 17.2 Å². The normalized spacial score (nSPS) is 10.5. The number of likely N-dealkylation sites (N-methyl/N-ethyl adjacent to an activating group) is 1. The molecule has 0 saturated heterocycles. The number of nitrogens with zero attached hydrogens (tertiary/aromatic N) is 2. The summed E-state index contributed by atoms with van der Waals surface area (Å²) in [6.07, 6.45) is 0. The van der Waals surface area contributed by atoms with Gasteiger partial charge in [0.1, 0.15) is 5.82 Å². The summed E-state index contributed by atoms with van der Waals surface area (Å²) in [4.78, 5) is 6.96. The molecule has 1 aromatic heterocycles. The molecule has 23 heavy (non-hydrogen) atoms. The van der Waals surface area contributed by atoms with Crippen LogP contribution in [-0.4, -0.2) is 31.7 Å². The van der Waals surface area contributed by atoms with Crippen molar-refractivity contribution in [2.45, 2.75) is 27.7 Å². The van der Waals surface area contributed by atoms with Crippen molar-refractivity contribution in [1.82, 2.24) is 4.98 Å². The van der Waals surface area contributed by atoms with Crippen LogP contribution in [0, 0.1) is 20.8 Å². The molecule has 0 radical (unpaired) electrons. The topological polar surface area (TPSA) is 40.2 Å². The highest BCUT2D eigenvalue weighted by Crippen LogP contribution is 2.19. The van der Waals surface area contributed by atoms with Crippen molar-refractivity contribution in [1.29, 1.82) is 0 Å². The molecule has 124 valence electrons. The Morgan fingerprint density at radius 2 is 1.87 bits per heavy atom. The van der Waals surface area contributed by atoms with E-state index in [0.717, 1.165) is 36.8 Å². The van der Waals surface area contributed by atoms with Gasteiger partial charge in [-0.2, -0.15) is 0 Å². The quantitative estimate of drug-likeness (QED) is 0.811. The molecule has 1 heterocycles. The third-order valence-corrected chi connectivity index (χ3v) is 4.00. The zero-order chi connectivity index (χ0) is 16.8. The summed E-state index contributed by atoms with van der Waals surface area (Å²) in [6, 6.07) is 10.7. The van der Waals surface area contributed by atoms with Crippen LogP contribution in [-0.2, 0) is 0 Å². The molecule has 0 saturated carbocycles. The summed E-state index contributed by atoms with van der Waals surface area (Å²) in [5.41, 5.74) is 5.92. The summed E-state index contributed by atoms with van der Waals surface area (Å²) in [7, 11) is 1.95. The van der Waals surface area contributed by atoms with Crippen LogP contribution in [0.15, 0.2) is 30.3 Å². The van der Waals surface area contributed by atoms with Gasteiger partial charge in [-0.15, -0.1) is 0 Å². The summed E-state index contributed by atoms with van der Waals surface area (Å²) in [5, 5.41) is 6.70. The van der Waals surface area contributed by atoms with Gasteiger partial charge < -0.3 is 15.5 Å². The van der Waals surface area contributed by atoms with Gasteiger partial charge in [-0.1, -0.05) is 0 Å². The fraction of sp³-hybridized carbons (Fsp3) is 0.421. The highest BCUT2D eigenvalue weighted by atomic mass is 15.2. The molecule has 0 aliphatic heterocycles. The Balaban J connectivity index is 1.97. The average Bonchev–Trinajstić information content (AvgIpc) is 2.50. The van der Waals surface area contributed by atoms with E-state index in [0.29, 0.717) is 0 Å². The van der Waals surface area contributed by atoms with Crippen LogP contribution in [0.5, 0.6) is 0 Å². The molecule has 1 aromatic carbocycles. The zero-order valence-corrected chi connectivity index (χ0v) is 14.9. The monoisotopic (exact) mass is 312 g/mol. The van der Waals surface area contributed by atoms with Gasteiger partial charge in [0, 0.05) is 43.8 Å². The fourth-order valence-corrected chi connectivity index (χ4v) is 2.81. The Morgan fingerprint density at radius 1 is 1.09 bits per heavy atom. The number of aromatic nitrogens is 1. The smallest absolute Gasteiger partial charge is 0.129 e. The minimum Gasteiger partial charge on any atom is -0.388 e. The third-order valence-electron chi connectivity index (χ3n) is 4.00. The van der Waals surface area contributed by atoms with E-state index >= 15 is 0 Å². The number of hydrogen-bond donors (Lipinski definition) is 2. The number of nitrogens with one attached hydrogen (secondary N) is 2. The highest BCUT2D eigenvalue weighted by molar-refractivity contribution is 5.59. The predicted molar refractivity (Wildman–Crippen MR) is 101 cm³/mol. The first-order valence-corrected chi connectivity index (χ1v) is 8.26. The summed E-state index contributed by atoms with van der Waals surface area (Å²) in [5.74, 6) is 1.06. The second-order valence-corrected chi connectivity index (χ2v) is 5.93. The van der Waals surface area contributed by atoms with Gasteiger partial charge in [0.2, 0.25) is 0 Å². The number of benzene rings is 1. The van der Waals surface area contributed by atoms with Gasteiger partial charge in [0.25, 0.3) is 0 Å². The number of hydrogen-bond acceptors (Lipinski definition) is 4. The lowest BCUT2D eigenvalue weighted by Gasteiger charge is -2.23. The van der Waals surface area contributed by atoms with E-state index in [2.05, 4.69) is 78.5 Å². The average molecular weight is 312 g/mol. The maximum atomic E-state index is 4.66. The van der Waals surface area contributed by atoms with E-state index in [1.165, 1.54) is 16.8 Å². The maximum absolute atomic E-state index is 4.66. The van der Waals surface area contributed by atoms with E-state index in [1.807, 2.05) is 7.05 Å². The van der Waals surface area contributed by atoms with Crippen LogP contribution in [0.3, 0.4) is 0 Å². The van der Waals surface area contributed by atoms with Gasteiger partial charge in [0.05, 0.1) is 0 Å². The van der Waals surface area contributed by atoms with Crippen LogP contribution < -0.4 is 15.5 Å². The zero-order valence-electron chi connectivity index (χ0n) is 14.9. The minimum absolute atomic E-state index is 0.890. The molecule has 0 bridgehead atoms. The van der Waals surface area contributed by atoms with E-state index in [-0.39, 0.29) is 0 Å². The minimum atomic E-state index is 0.890. The van der Waals surface area contributed by atoms with Crippen molar-refractivity contribution in [3.8, 4) is 0 Å². The van der Waals surface area contributed by atoms with Crippen LogP contribution in [0.4, 0.5) is 17.2 Å². The third kappa shape index (κ3) is 4.62. The number of anilines is 3.